The Morgan fingerprint density at radius 1 is 1.17 bits per heavy atom. The minimum Gasteiger partial charge on any atom is -0.497 e. The molecule has 9 heteroatoms. The van der Waals surface area contributed by atoms with E-state index in [4.69, 9.17) is 9.47 Å². The molecule has 2 atom stereocenters. The summed E-state index contributed by atoms with van der Waals surface area (Å²) in [5, 5.41) is 5.36. The Morgan fingerprint density at radius 2 is 2.06 bits per heavy atom. The van der Waals surface area contributed by atoms with Gasteiger partial charge in [-0.15, -0.1) is 23.1 Å². The van der Waals surface area contributed by atoms with Crippen LogP contribution in [0, 0.1) is 6.92 Å². The van der Waals surface area contributed by atoms with Gasteiger partial charge in [-0.05, 0) is 49.7 Å². The van der Waals surface area contributed by atoms with Crippen molar-refractivity contribution in [2.24, 2.45) is 0 Å². The number of aryl methyl sites for hydroxylation is 1. The molecule has 3 heterocycles. The third-order valence-electron chi connectivity index (χ3n) is 6.22. The number of thiazole rings is 1. The van der Waals surface area contributed by atoms with Crippen LogP contribution in [-0.4, -0.2) is 52.8 Å². The summed E-state index contributed by atoms with van der Waals surface area (Å²) in [6, 6.07) is 17.4. The summed E-state index contributed by atoms with van der Waals surface area (Å²) in [5.74, 6) is 1.47. The summed E-state index contributed by atoms with van der Waals surface area (Å²) in [6.07, 6.45) is 2.53. The molecule has 1 aliphatic rings. The first-order valence-corrected chi connectivity index (χ1v) is 13.4. The van der Waals surface area contributed by atoms with E-state index in [0.29, 0.717) is 6.54 Å². The van der Waals surface area contributed by atoms with Gasteiger partial charge < -0.3 is 14.8 Å². The summed E-state index contributed by atoms with van der Waals surface area (Å²) in [7, 11) is 3.29. The quantitative estimate of drug-likeness (QED) is 0.334. The molecular formula is C27H28N4O3S2. The number of nitrogens with one attached hydrogen (secondary N) is 1. The Labute approximate surface area is 218 Å². The maximum atomic E-state index is 13.6. The van der Waals surface area contributed by atoms with Gasteiger partial charge in [0.2, 0.25) is 5.91 Å². The number of amides is 1. The Morgan fingerprint density at radius 3 is 2.83 bits per heavy atom. The van der Waals surface area contributed by atoms with Gasteiger partial charge in [-0.3, -0.25) is 9.69 Å². The number of ether oxygens (including phenoxy) is 2. The van der Waals surface area contributed by atoms with Crippen molar-refractivity contribution in [3.8, 4) is 11.5 Å². The number of methoxy groups -OCH3 is 2. The first-order valence-electron chi connectivity index (χ1n) is 11.7. The number of nitrogens with zero attached hydrogens (tertiary/aromatic N) is 3. The molecule has 0 unspecified atom stereocenters. The van der Waals surface area contributed by atoms with Crippen LogP contribution in [0.25, 0.3) is 10.2 Å². The number of benzene rings is 2. The highest BCUT2D eigenvalue weighted by Crippen LogP contribution is 2.35. The van der Waals surface area contributed by atoms with E-state index in [9.17, 15) is 4.79 Å². The van der Waals surface area contributed by atoms with Gasteiger partial charge in [0.05, 0.1) is 40.5 Å². The van der Waals surface area contributed by atoms with Crippen LogP contribution < -0.4 is 14.8 Å². The number of rotatable bonds is 8. The standard InChI is InChI=1S/C27H28N4O3S2/c1-17-29-22-12-19(8-10-25(22)35-17)30-27(32)23-14-21(36-26-6-4-5-11-28-26)16-31(23)15-18-7-9-20(33-2)13-24(18)34-3/h4-13,21,23H,14-16H2,1-3H3,(H,30,32)/t21-,23+/m1/s1. The lowest BCUT2D eigenvalue weighted by Crippen LogP contribution is -2.39. The van der Waals surface area contributed by atoms with E-state index in [2.05, 4.69) is 20.2 Å². The molecule has 4 aromatic rings. The number of carbonyl (C=O) groups excluding carboxylic acids is 1. The van der Waals surface area contributed by atoms with E-state index in [-0.39, 0.29) is 17.2 Å². The number of carbonyl (C=O) groups is 1. The van der Waals surface area contributed by atoms with Gasteiger partial charge in [0.25, 0.3) is 0 Å². The van der Waals surface area contributed by atoms with Crippen molar-refractivity contribution >= 4 is 44.9 Å². The zero-order chi connectivity index (χ0) is 25.1. The van der Waals surface area contributed by atoms with Crippen LogP contribution >= 0.6 is 23.1 Å². The molecule has 0 spiro atoms. The SMILES string of the molecule is COc1ccc(CN2C[C@H](Sc3ccccn3)C[C@H]2C(=O)Nc2ccc3sc(C)nc3c2)c(OC)c1. The van der Waals surface area contributed by atoms with E-state index in [1.54, 1.807) is 43.5 Å². The van der Waals surface area contributed by atoms with E-state index >= 15 is 0 Å². The topological polar surface area (TPSA) is 76.6 Å². The Kier molecular flexibility index (Phi) is 7.41. The van der Waals surface area contributed by atoms with Crippen molar-refractivity contribution in [1.29, 1.82) is 0 Å². The van der Waals surface area contributed by atoms with Crippen molar-refractivity contribution in [1.82, 2.24) is 14.9 Å². The maximum absolute atomic E-state index is 13.6. The molecule has 7 nitrogen and oxygen atoms in total. The molecule has 1 amide bonds. The largest absolute Gasteiger partial charge is 0.497 e. The maximum Gasteiger partial charge on any atom is 0.241 e. The number of anilines is 1. The molecule has 2 aromatic heterocycles. The van der Waals surface area contributed by atoms with Crippen LogP contribution in [0.1, 0.15) is 17.0 Å². The highest BCUT2D eigenvalue weighted by atomic mass is 32.2. The van der Waals surface area contributed by atoms with Crippen LogP contribution in [-0.2, 0) is 11.3 Å². The van der Waals surface area contributed by atoms with Crippen LogP contribution in [0.5, 0.6) is 11.5 Å². The minimum atomic E-state index is -0.286. The first kappa shape index (κ1) is 24.5. The molecule has 2 aromatic carbocycles. The van der Waals surface area contributed by atoms with Crippen LogP contribution in [0.2, 0.25) is 0 Å². The minimum absolute atomic E-state index is 0.0158. The second-order valence-electron chi connectivity index (χ2n) is 8.67. The molecular weight excluding hydrogens is 492 g/mol. The second kappa shape index (κ2) is 10.9. The lowest BCUT2D eigenvalue weighted by atomic mass is 10.1. The van der Waals surface area contributed by atoms with Gasteiger partial charge in [-0.25, -0.2) is 9.97 Å². The van der Waals surface area contributed by atoms with E-state index < -0.39 is 0 Å². The molecule has 0 saturated carbocycles. The fourth-order valence-corrected chi connectivity index (χ4v) is 6.50. The average Bonchev–Trinajstić information content (AvgIpc) is 3.46. The molecule has 5 rings (SSSR count). The number of aromatic nitrogens is 2. The number of thioether (sulfide) groups is 1. The molecule has 1 saturated heterocycles. The highest BCUT2D eigenvalue weighted by Gasteiger charge is 2.38. The molecule has 0 bridgehead atoms. The lowest BCUT2D eigenvalue weighted by Gasteiger charge is -2.24. The van der Waals surface area contributed by atoms with Crippen molar-refractivity contribution in [2.75, 3.05) is 26.1 Å². The monoisotopic (exact) mass is 520 g/mol. The van der Waals surface area contributed by atoms with Gasteiger partial charge in [0.1, 0.15) is 11.5 Å². The van der Waals surface area contributed by atoms with Crippen molar-refractivity contribution in [3.05, 3.63) is 71.4 Å². The number of fused-ring (bicyclic) bond motifs is 1. The fraction of sp³-hybridized carbons (Fsp3) is 0.296. The van der Waals surface area contributed by atoms with E-state index in [0.717, 1.165) is 56.0 Å². The molecule has 36 heavy (non-hydrogen) atoms. The van der Waals surface area contributed by atoms with Crippen LogP contribution in [0.15, 0.2) is 65.8 Å². The van der Waals surface area contributed by atoms with Crippen molar-refractivity contribution in [3.63, 3.8) is 0 Å². The smallest absolute Gasteiger partial charge is 0.241 e. The first-order chi connectivity index (χ1) is 17.5. The van der Waals surface area contributed by atoms with Gasteiger partial charge in [0, 0.05) is 41.9 Å². The molecule has 186 valence electrons. The van der Waals surface area contributed by atoms with Gasteiger partial charge in [-0.2, -0.15) is 0 Å². The fourth-order valence-electron chi connectivity index (χ4n) is 4.53. The average molecular weight is 521 g/mol. The summed E-state index contributed by atoms with van der Waals surface area (Å²) >= 11 is 3.37. The highest BCUT2D eigenvalue weighted by molar-refractivity contribution is 7.99. The molecule has 0 radical (unpaired) electrons. The molecule has 1 N–H and O–H groups in total. The summed E-state index contributed by atoms with van der Waals surface area (Å²) < 4.78 is 12.1. The zero-order valence-electron chi connectivity index (χ0n) is 20.4. The Balaban J connectivity index is 1.37. The molecule has 0 aliphatic carbocycles. The third kappa shape index (κ3) is 5.48. The molecule has 1 fully saturated rings. The van der Waals surface area contributed by atoms with E-state index in [1.165, 1.54) is 0 Å². The number of hydrogen-bond acceptors (Lipinski definition) is 8. The second-order valence-corrected chi connectivity index (χ2v) is 11.2. The number of pyridine rings is 1. The number of likely N-dealkylation sites (tertiary alicyclic amines) is 1. The summed E-state index contributed by atoms with van der Waals surface area (Å²) in [5.41, 5.74) is 2.68. The van der Waals surface area contributed by atoms with Crippen molar-refractivity contribution < 1.29 is 14.3 Å². The third-order valence-corrected chi connectivity index (χ3v) is 8.33. The Bertz CT molecular complexity index is 1360. The van der Waals surface area contributed by atoms with Crippen LogP contribution in [0.3, 0.4) is 0 Å². The summed E-state index contributed by atoms with van der Waals surface area (Å²) in [4.78, 5) is 24.8. The Hall–Kier alpha value is -3.14. The van der Waals surface area contributed by atoms with Gasteiger partial charge in [-0.1, -0.05) is 12.1 Å². The summed E-state index contributed by atoms with van der Waals surface area (Å²) in [6.45, 7) is 3.35. The lowest BCUT2D eigenvalue weighted by molar-refractivity contribution is -0.120. The van der Waals surface area contributed by atoms with E-state index in [1.807, 2.05) is 61.5 Å². The number of hydrogen-bond donors (Lipinski definition) is 1. The normalized spacial score (nSPS) is 17.9. The predicted octanol–water partition coefficient (Wildman–Crippen LogP) is 5.39. The molecule has 1 aliphatic heterocycles. The van der Waals surface area contributed by atoms with Crippen molar-refractivity contribution in [2.45, 2.75) is 36.2 Å². The zero-order valence-corrected chi connectivity index (χ0v) is 22.1. The van der Waals surface area contributed by atoms with Gasteiger partial charge >= 0.3 is 0 Å². The predicted molar refractivity (Wildman–Crippen MR) is 145 cm³/mol. The van der Waals surface area contributed by atoms with Crippen LogP contribution in [0.4, 0.5) is 5.69 Å². The van der Waals surface area contributed by atoms with Gasteiger partial charge in [0.15, 0.2) is 0 Å².